The van der Waals surface area contributed by atoms with Crippen molar-refractivity contribution < 1.29 is 14.3 Å². The minimum Gasteiger partial charge on any atom is -0.369 e. The molecular weight excluding hydrogens is 408 g/mol. The average Bonchev–Trinajstić information content (AvgIpc) is 2.81. The molecule has 4 aliphatic carbocycles. The van der Waals surface area contributed by atoms with Crippen molar-refractivity contribution in [1.82, 2.24) is 0 Å². The van der Waals surface area contributed by atoms with Gasteiger partial charge in [0, 0.05) is 24.0 Å². The number of allylic oxidation sites excluding steroid dienone is 3. The molecule has 3 heteroatoms. The smallest absolute Gasteiger partial charge is 0.161 e. The van der Waals surface area contributed by atoms with Crippen LogP contribution in [0.15, 0.2) is 48.1 Å². The molecule has 0 radical (unpaired) electrons. The number of hydrogen-bond acceptors (Lipinski definition) is 3. The van der Waals surface area contributed by atoms with Gasteiger partial charge in [0.25, 0.3) is 0 Å². The van der Waals surface area contributed by atoms with Gasteiger partial charge >= 0.3 is 0 Å². The average molecular weight is 451 g/mol. The van der Waals surface area contributed by atoms with Gasteiger partial charge in [-0.05, 0) is 73.0 Å². The predicted molar refractivity (Wildman–Crippen MR) is 134 cm³/mol. The van der Waals surface area contributed by atoms with Crippen molar-refractivity contribution in [3.63, 3.8) is 0 Å². The van der Waals surface area contributed by atoms with E-state index in [2.05, 4.69) is 47.4 Å². The van der Waals surface area contributed by atoms with Crippen molar-refractivity contribution in [2.24, 2.45) is 34.5 Å². The van der Waals surface area contributed by atoms with E-state index in [1.165, 1.54) is 11.1 Å². The molecule has 0 unspecified atom stereocenters. The van der Waals surface area contributed by atoms with Crippen molar-refractivity contribution >= 4 is 11.6 Å². The first-order valence-corrected chi connectivity index (χ1v) is 12.8. The standard InChI is InChI=1S/C30H42O3/c1-18-9-8-10-21(27(32)14-25-22(18)15-30(25,6)7)17-33-28-12-11-19(2)23-16-29(4,5)24(23)13-26(31)20(28)3/h10,22-25,28H,1-3,8-9,11-17H2,4-7H3/b21-10-/t22-,23-,24-,25-,28-/m1/s1. The van der Waals surface area contributed by atoms with Crippen LogP contribution in [0.1, 0.15) is 79.1 Å². The molecule has 0 N–H and O–H groups in total. The lowest BCUT2D eigenvalue weighted by atomic mass is 9.52. The number of ketones is 2. The van der Waals surface area contributed by atoms with E-state index in [1.807, 2.05) is 6.08 Å². The quantitative estimate of drug-likeness (QED) is 0.351. The van der Waals surface area contributed by atoms with Crippen LogP contribution < -0.4 is 0 Å². The second kappa shape index (κ2) is 8.80. The number of carbonyl (C=O) groups is 2. The molecule has 5 atom stereocenters. The van der Waals surface area contributed by atoms with Gasteiger partial charge < -0.3 is 4.74 Å². The third-order valence-electron chi connectivity index (χ3n) is 9.46. The third-order valence-corrected chi connectivity index (χ3v) is 9.46. The Morgan fingerprint density at radius 1 is 0.879 bits per heavy atom. The van der Waals surface area contributed by atoms with Gasteiger partial charge in [0.05, 0.1) is 12.7 Å². The maximum absolute atomic E-state index is 13.2. The molecule has 0 bridgehead atoms. The highest BCUT2D eigenvalue weighted by Gasteiger charge is 2.50. The van der Waals surface area contributed by atoms with Crippen LogP contribution in [0.5, 0.6) is 0 Å². The zero-order valence-electron chi connectivity index (χ0n) is 21.2. The van der Waals surface area contributed by atoms with E-state index in [0.717, 1.165) is 37.7 Å². The fourth-order valence-corrected chi connectivity index (χ4v) is 6.95. The Balaban J connectivity index is 1.44. The number of hydrogen-bond donors (Lipinski definition) is 0. The second-order valence-corrected chi connectivity index (χ2v) is 12.5. The molecular formula is C30H42O3. The van der Waals surface area contributed by atoms with Crippen LogP contribution in [0.4, 0.5) is 0 Å². The van der Waals surface area contributed by atoms with E-state index in [1.54, 1.807) is 0 Å². The number of Topliss-reactive ketones (excluding diaryl/α,β-unsaturated/α-hetero) is 2. The molecule has 0 aromatic carbocycles. The Kier molecular flexibility index (Phi) is 6.50. The van der Waals surface area contributed by atoms with Gasteiger partial charge in [-0.2, -0.15) is 0 Å². The van der Waals surface area contributed by atoms with Gasteiger partial charge in [-0.3, -0.25) is 9.59 Å². The first-order chi connectivity index (χ1) is 15.4. The van der Waals surface area contributed by atoms with Crippen LogP contribution >= 0.6 is 0 Å². The largest absolute Gasteiger partial charge is 0.369 e. The Bertz CT molecular complexity index is 915. The number of rotatable bonds is 3. The summed E-state index contributed by atoms with van der Waals surface area (Å²) >= 11 is 0. The predicted octanol–water partition coefficient (Wildman–Crippen LogP) is 6.80. The van der Waals surface area contributed by atoms with E-state index >= 15 is 0 Å². The molecule has 0 spiro atoms. The first kappa shape index (κ1) is 24.4. The Morgan fingerprint density at radius 3 is 2.00 bits per heavy atom. The van der Waals surface area contributed by atoms with Crippen molar-refractivity contribution in [3.8, 4) is 0 Å². The molecule has 0 amide bonds. The van der Waals surface area contributed by atoms with Gasteiger partial charge in [-0.25, -0.2) is 0 Å². The molecule has 4 aliphatic rings. The van der Waals surface area contributed by atoms with Gasteiger partial charge in [0.1, 0.15) is 0 Å². The minimum atomic E-state index is -0.348. The lowest BCUT2D eigenvalue weighted by Gasteiger charge is -2.52. The van der Waals surface area contributed by atoms with Crippen molar-refractivity contribution in [3.05, 3.63) is 48.1 Å². The molecule has 0 aromatic rings. The van der Waals surface area contributed by atoms with Crippen LogP contribution in [0.3, 0.4) is 0 Å². The molecule has 3 nitrogen and oxygen atoms in total. The van der Waals surface area contributed by atoms with E-state index in [9.17, 15) is 9.59 Å². The van der Waals surface area contributed by atoms with E-state index in [4.69, 9.17) is 4.74 Å². The molecule has 3 saturated carbocycles. The highest BCUT2D eigenvalue weighted by atomic mass is 16.5. The Labute approximate surface area is 200 Å². The monoisotopic (exact) mass is 450 g/mol. The summed E-state index contributed by atoms with van der Waals surface area (Å²) in [6.45, 7) is 22.1. The molecule has 0 aliphatic heterocycles. The number of ether oxygens (including phenoxy) is 1. The Morgan fingerprint density at radius 2 is 1.42 bits per heavy atom. The lowest BCUT2D eigenvalue weighted by Crippen LogP contribution is -2.45. The lowest BCUT2D eigenvalue weighted by molar-refractivity contribution is -0.121. The molecule has 0 saturated heterocycles. The summed E-state index contributed by atoms with van der Waals surface area (Å²) in [4.78, 5) is 26.3. The number of fused-ring (bicyclic) bond motifs is 2. The van der Waals surface area contributed by atoms with Crippen LogP contribution in [-0.4, -0.2) is 24.3 Å². The zero-order chi connectivity index (χ0) is 24.1. The summed E-state index contributed by atoms with van der Waals surface area (Å²) in [5, 5.41) is 0. The summed E-state index contributed by atoms with van der Waals surface area (Å²) < 4.78 is 6.28. The van der Waals surface area contributed by atoms with Crippen molar-refractivity contribution in [2.75, 3.05) is 6.61 Å². The highest BCUT2D eigenvalue weighted by Crippen LogP contribution is 2.57. The molecule has 0 heterocycles. The molecule has 33 heavy (non-hydrogen) atoms. The van der Waals surface area contributed by atoms with Crippen LogP contribution in [-0.2, 0) is 14.3 Å². The summed E-state index contributed by atoms with van der Waals surface area (Å²) in [6.07, 6.45) is 8.33. The fourth-order valence-electron chi connectivity index (χ4n) is 6.95. The molecule has 3 fully saturated rings. The van der Waals surface area contributed by atoms with Gasteiger partial charge in [0.15, 0.2) is 11.6 Å². The second-order valence-electron chi connectivity index (χ2n) is 12.5. The SMILES string of the molecule is C=C1CC[C@@H](OC/C2=C/CCC(=C)[C@H]3CC(C)(C)[C@@H]3CC2=O)C(=C)C(=O)C[C@@H]2[C@@H]1CC2(C)C. The van der Waals surface area contributed by atoms with Crippen LogP contribution in [0, 0.1) is 34.5 Å². The Hall–Kier alpha value is -1.74. The van der Waals surface area contributed by atoms with Crippen LogP contribution in [0.25, 0.3) is 0 Å². The van der Waals surface area contributed by atoms with Gasteiger partial charge in [0.2, 0.25) is 0 Å². The maximum atomic E-state index is 13.2. The van der Waals surface area contributed by atoms with Gasteiger partial charge in [-0.1, -0.05) is 64.7 Å². The first-order valence-electron chi connectivity index (χ1n) is 12.8. The fraction of sp³-hybridized carbons (Fsp3) is 0.667. The minimum absolute atomic E-state index is 0.114. The summed E-state index contributed by atoms with van der Waals surface area (Å²) in [6, 6.07) is 0. The molecule has 180 valence electrons. The van der Waals surface area contributed by atoms with E-state index in [-0.39, 0.29) is 35.1 Å². The normalized spacial score (nSPS) is 38.0. The highest BCUT2D eigenvalue weighted by molar-refractivity contribution is 5.97. The van der Waals surface area contributed by atoms with Gasteiger partial charge in [-0.15, -0.1) is 0 Å². The van der Waals surface area contributed by atoms with Crippen LogP contribution in [0.2, 0.25) is 0 Å². The maximum Gasteiger partial charge on any atom is 0.161 e. The van der Waals surface area contributed by atoms with Crippen molar-refractivity contribution in [2.45, 2.75) is 85.2 Å². The summed E-state index contributed by atoms with van der Waals surface area (Å²) in [5.74, 6) is 1.91. The van der Waals surface area contributed by atoms with E-state index in [0.29, 0.717) is 48.5 Å². The molecule has 4 rings (SSSR count). The van der Waals surface area contributed by atoms with E-state index < -0.39 is 0 Å². The summed E-state index contributed by atoms with van der Waals surface area (Å²) in [7, 11) is 0. The topological polar surface area (TPSA) is 43.4 Å². The number of carbonyl (C=O) groups excluding carboxylic acids is 2. The molecule has 0 aromatic heterocycles. The zero-order valence-corrected chi connectivity index (χ0v) is 21.2. The summed E-state index contributed by atoms with van der Waals surface area (Å²) in [5.41, 5.74) is 4.21. The van der Waals surface area contributed by atoms with Crippen molar-refractivity contribution in [1.29, 1.82) is 0 Å². The third kappa shape index (κ3) is 4.63.